The first kappa shape index (κ1) is 15.0. The lowest BCUT2D eigenvalue weighted by atomic mass is 10.1. The van der Waals surface area contributed by atoms with Gasteiger partial charge < -0.3 is 10.6 Å². The number of likely N-dealkylation sites (N-methyl/N-ethyl adjacent to an activating group) is 1. The Hall–Kier alpha value is -2.10. The highest BCUT2D eigenvalue weighted by molar-refractivity contribution is 5.78. The van der Waals surface area contributed by atoms with Gasteiger partial charge in [0.1, 0.15) is 0 Å². The summed E-state index contributed by atoms with van der Waals surface area (Å²) in [6, 6.07) is 7.85. The second kappa shape index (κ2) is 8.08. The molecule has 0 atom stereocenters. The van der Waals surface area contributed by atoms with Crippen molar-refractivity contribution < 1.29 is 9.59 Å². The topological polar surface area (TPSA) is 58.2 Å². The van der Waals surface area contributed by atoms with Gasteiger partial charge in [-0.1, -0.05) is 36.4 Å². The average Bonchev–Trinajstić information content (AvgIpc) is 2.39. The summed E-state index contributed by atoms with van der Waals surface area (Å²) >= 11 is 0. The molecule has 0 bridgehead atoms. The van der Waals surface area contributed by atoms with Crippen LogP contribution in [-0.4, -0.2) is 25.4 Å². The minimum Gasteiger partial charge on any atom is -0.359 e. The van der Waals surface area contributed by atoms with Crippen LogP contribution in [0.2, 0.25) is 0 Å². The molecule has 4 heteroatoms. The summed E-state index contributed by atoms with van der Waals surface area (Å²) in [5.41, 5.74) is 2.08. The molecule has 2 N–H and O–H groups in total. The third-order valence-corrected chi connectivity index (χ3v) is 2.62. The molecule has 0 unspecified atom stereocenters. The zero-order valence-corrected chi connectivity index (χ0v) is 11.4. The van der Waals surface area contributed by atoms with Crippen LogP contribution in [0.3, 0.4) is 0 Å². The average molecular weight is 260 g/mol. The molecular formula is C15H20N2O2. The molecule has 19 heavy (non-hydrogen) atoms. The Bertz CT molecular complexity index is 450. The monoisotopic (exact) mass is 260 g/mol. The minimum absolute atomic E-state index is 0.00745. The number of hydrogen-bond donors (Lipinski definition) is 2. The smallest absolute Gasteiger partial charge is 0.224 e. The Morgan fingerprint density at radius 1 is 1.21 bits per heavy atom. The molecule has 0 saturated carbocycles. The zero-order chi connectivity index (χ0) is 14.1. The Balaban J connectivity index is 2.41. The van der Waals surface area contributed by atoms with Gasteiger partial charge in [-0.2, -0.15) is 0 Å². The van der Waals surface area contributed by atoms with Crippen LogP contribution in [0, 0.1) is 0 Å². The molecule has 0 fully saturated rings. The number of carbonyl (C=O) groups is 2. The Morgan fingerprint density at radius 3 is 2.47 bits per heavy atom. The molecular weight excluding hydrogens is 240 g/mol. The van der Waals surface area contributed by atoms with E-state index >= 15 is 0 Å². The van der Waals surface area contributed by atoms with Crippen molar-refractivity contribution in [3.05, 3.63) is 41.5 Å². The summed E-state index contributed by atoms with van der Waals surface area (Å²) in [4.78, 5) is 21.9. The largest absolute Gasteiger partial charge is 0.359 e. The highest BCUT2D eigenvalue weighted by atomic mass is 16.2. The van der Waals surface area contributed by atoms with Gasteiger partial charge in [0.15, 0.2) is 0 Å². The van der Waals surface area contributed by atoms with Crippen LogP contribution in [0.15, 0.2) is 30.3 Å². The minimum atomic E-state index is -0.00745. The number of carbonyl (C=O) groups excluding carboxylic acids is 2. The number of amides is 2. The van der Waals surface area contributed by atoms with E-state index in [0.29, 0.717) is 13.0 Å². The van der Waals surface area contributed by atoms with E-state index in [0.717, 1.165) is 17.5 Å². The van der Waals surface area contributed by atoms with Crippen molar-refractivity contribution in [3.8, 4) is 0 Å². The number of rotatable bonds is 6. The fourth-order valence-electron chi connectivity index (χ4n) is 1.57. The van der Waals surface area contributed by atoms with Gasteiger partial charge in [0.2, 0.25) is 11.8 Å². The molecule has 0 aliphatic rings. The first-order chi connectivity index (χ1) is 9.11. The van der Waals surface area contributed by atoms with Gasteiger partial charge in [-0.3, -0.25) is 9.59 Å². The lowest BCUT2D eigenvalue weighted by Gasteiger charge is -2.01. The van der Waals surface area contributed by atoms with Crippen LogP contribution in [0.25, 0.3) is 6.08 Å². The fourth-order valence-corrected chi connectivity index (χ4v) is 1.57. The molecule has 0 radical (unpaired) electrons. The van der Waals surface area contributed by atoms with Crippen LogP contribution in [0.4, 0.5) is 0 Å². The fraction of sp³-hybridized carbons (Fsp3) is 0.333. The molecule has 1 aromatic rings. The summed E-state index contributed by atoms with van der Waals surface area (Å²) < 4.78 is 0. The van der Waals surface area contributed by atoms with Crippen molar-refractivity contribution in [2.24, 2.45) is 0 Å². The van der Waals surface area contributed by atoms with Crippen LogP contribution in [0.1, 0.15) is 24.5 Å². The van der Waals surface area contributed by atoms with Crippen molar-refractivity contribution in [2.75, 3.05) is 13.6 Å². The predicted molar refractivity (Wildman–Crippen MR) is 76.5 cm³/mol. The number of benzene rings is 1. The molecule has 4 nitrogen and oxygen atoms in total. The van der Waals surface area contributed by atoms with E-state index in [1.54, 1.807) is 7.05 Å². The van der Waals surface area contributed by atoms with Gasteiger partial charge in [0.25, 0.3) is 0 Å². The maximum atomic E-state index is 11.2. The van der Waals surface area contributed by atoms with Crippen molar-refractivity contribution in [2.45, 2.75) is 19.8 Å². The number of hydrogen-bond acceptors (Lipinski definition) is 2. The Kier molecular flexibility index (Phi) is 6.36. The third kappa shape index (κ3) is 6.41. The van der Waals surface area contributed by atoms with Crippen molar-refractivity contribution >= 4 is 17.9 Å². The molecule has 0 spiro atoms. The normalized spacial score (nSPS) is 10.4. The van der Waals surface area contributed by atoms with Crippen LogP contribution in [0.5, 0.6) is 0 Å². The van der Waals surface area contributed by atoms with Crippen LogP contribution in [-0.2, 0) is 16.0 Å². The molecule has 102 valence electrons. The summed E-state index contributed by atoms with van der Waals surface area (Å²) in [5, 5.41) is 5.33. The van der Waals surface area contributed by atoms with E-state index in [1.807, 2.05) is 36.4 Å². The second-order valence-corrected chi connectivity index (χ2v) is 4.27. The number of nitrogens with one attached hydrogen (secondary N) is 2. The van der Waals surface area contributed by atoms with Gasteiger partial charge in [-0.05, 0) is 17.5 Å². The van der Waals surface area contributed by atoms with E-state index < -0.39 is 0 Å². The van der Waals surface area contributed by atoms with E-state index in [4.69, 9.17) is 0 Å². The lowest BCUT2D eigenvalue weighted by Crippen LogP contribution is -2.20. The first-order valence-corrected chi connectivity index (χ1v) is 6.32. The standard InChI is InChI=1S/C15H20N2O2/c1-12(18)17-10-4-3-5-13-6-8-14(9-7-13)11-15(19)16-2/h3,5-9H,4,10-11H2,1-2H3,(H,16,19)(H,17,18). The van der Waals surface area contributed by atoms with Crippen LogP contribution < -0.4 is 10.6 Å². The maximum Gasteiger partial charge on any atom is 0.224 e. The molecule has 0 aliphatic carbocycles. The van der Waals surface area contributed by atoms with Crippen molar-refractivity contribution in [1.29, 1.82) is 0 Å². The lowest BCUT2D eigenvalue weighted by molar-refractivity contribution is -0.120. The molecule has 2 amide bonds. The highest BCUT2D eigenvalue weighted by Gasteiger charge is 1.99. The Morgan fingerprint density at radius 2 is 1.89 bits per heavy atom. The van der Waals surface area contributed by atoms with Gasteiger partial charge in [-0.25, -0.2) is 0 Å². The van der Waals surface area contributed by atoms with Crippen LogP contribution >= 0.6 is 0 Å². The highest BCUT2D eigenvalue weighted by Crippen LogP contribution is 2.07. The van der Waals surface area contributed by atoms with Gasteiger partial charge in [0, 0.05) is 20.5 Å². The van der Waals surface area contributed by atoms with Crippen molar-refractivity contribution in [3.63, 3.8) is 0 Å². The van der Waals surface area contributed by atoms with Gasteiger partial charge in [0.05, 0.1) is 6.42 Å². The molecule has 1 aromatic carbocycles. The summed E-state index contributed by atoms with van der Waals surface area (Å²) in [6.07, 6.45) is 5.23. The third-order valence-electron chi connectivity index (χ3n) is 2.62. The molecule has 1 rings (SSSR count). The van der Waals surface area contributed by atoms with E-state index in [1.165, 1.54) is 6.92 Å². The Labute approximate surface area is 113 Å². The second-order valence-electron chi connectivity index (χ2n) is 4.27. The van der Waals surface area contributed by atoms with E-state index in [-0.39, 0.29) is 11.8 Å². The zero-order valence-electron chi connectivity index (χ0n) is 11.4. The predicted octanol–water partition coefficient (Wildman–Crippen LogP) is 1.51. The molecule has 0 saturated heterocycles. The summed E-state index contributed by atoms with van der Waals surface area (Å²) in [6.45, 7) is 2.16. The van der Waals surface area contributed by atoms with Gasteiger partial charge in [-0.15, -0.1) is 0 Å². The van der Waals surface area contributed by atoms with Crippen molar-refractivity contribution in [1.82, 2.24) is 10.6 Å². The van der Waals surface area contributed by atoms with Gasteiger partial charge >= 0.3 is 0 Å². The summed E-state index contributed by atoms with van der Waals surface area (Å²) in [5.74, 6) is 0.00514. The molecule has 0 aliphatic heterocycles. The summed E-state index contributed by atoms with van der Waals surface area (Å²) in [7, 11) is 1.63. The maximum absolute atomic E-state index is 11.2. The quantitative estimate of drug-likeness (QED) is 0.762. The first-order valence-electron chi connectivity index (χ1n) is 6.32. The molecule has 0 aromatic heterocycles. The molecule has 0 heterocycles. The van der Waals surface area contributed by atoms with E-state index in [2.05, 4.69) is 10.6 Å². The van der Waals surface area contributed by atoms with E-state index in [9.17, 15) is 9.59 Å². The SMILES string of the molecule is CNC(=O)Cc1ccc(C=CCCNC(C)=O)cc1.